The summed E-state index contributed by atoms with van der Waals surface area (Å²) in [6, 6.07) is 0. The van der Waals surface area contributed by atoms with E-state index in [4.69, 9.17) is 27.5 Å². The molecule has 0 aliphatic rings. The summed E-state index contributed by atoms with van der Waals surface area (Å²) in [6.07, 6.45) is 21.3. The molecule has 0 unspecified atom stereocenters. The molecule has 1 amide bonds. The van der Waals surface area contributed by atoms with Gasteiger partial charge >= 0.3 is 11.9 Å². The van der Waals surface area contributed by atoms with Crippen LogP contribution in [0.5, 0.6) is 0 Å². The Morgan fingerprint density at radius 1 is 0.585 bits per heavy atom. The highest BCUT2D eigenvalue weighted by molar-refractivity contribution is 6.67. The van der Waals surface area contributed by atoms with Crippen LogP contribution in [0, 0.1) is 0 Å². The van der Waals surface area contributed by atoms with E-state index in [0.717, 1.165) is 64.5 Å². The van der Waals surface area contributed by atoms with Gasteiger partial charge in [0.15, 0.2) is 0 Å². The summed E-state index contributed by atoms with van der Waals surface area (Å²) in [6.45, 7) is 11.7. The molecule has 0 atom stereocenters. The van der Waals surface area contributed by atoms with Crippen molar-refractivity contribution < 1.29 is 29.4 Å². The van der Waals surface area contributed by atoms with Crippen molar-refractivity contribution in [1.82, 2.24) is 5.32 Å². The summed E-state index contributed by atoms with van der Waals surface area (Å²) in [5.41, 5.74) is 6.35. The van der Waals surface area contributed by atoms with E-state index in [-0.39, 0.29) is 5.91 Å². The molecule has 0 saturated heterocycles. The number of unbranched alkanes of at least 4 members (excludes halogenated alkanes) is 16. The molecule has 0 aliphatic carbocycles. The molecule has 0 radical (unpaired) electrons. The van der Waals surface area contributed by atoms with Crippen LogP contribution in [0.25, 0.3) is 0 Å². The molecule has 0 spiro atoms. The monoisotopic (exact) mass is 602 g/mol. The minimum absolute atomic E-state index is 0.0497. The second-order valence-electron chi connectivity index (χ2n) is 10.5. The SMILES string of the molecule is C=C(C)C(=O)Cl.C=C(C)C(=O)NCCCCCCCCCCCC(=O)O.NCCCCCCCCCCCC(=O)O. The molecular formula is C32H59ClN2O6. The number of halogens is 1. The first-order chi connectivity index (χ1) is 19.4. The molecule has 0 fully saturated rings. The Morgan fingerprint density at radius 2 is 0.878 bits per heavy atom. The van der Waals surface area contributed by atoms with Crippen LogP contribution in [0.4, 0.5) is 0 Å². The van der Waals surface area contributed by atoms with E-state index in [9.17, 15) is 19.2 Å². The number of carboxylic acid groups (broad SMARTS) is 2. The zero-order valence-electron chi connectivity index (χ0n) is 26.0. The van der Waals surface area contributed by atoms with Gasteiger partial charge in [0.2, 0.25) is 11.1 Å². The van der Waals surface area contributed by atoms with E-state index < -0.39 is 17.2 Å². The van der Waals surface area contributed by atoms with E-state index in [0.29, 0.717) is 24.0 Å². The number of carbonyl (C=O) groups is 4. The predicted octanol–water partition coefficient (Wildman–Crippen LogP) is 7.92. The minimum atomic E-state index is -0.691. The molecular weight excluding hydrogens is 544 g/mol. The van der Waals surface area contributed by atoms with Crippen molar-refractivity contribution in [1.29, 1.82) is 0 Å². The topological polar surface area (TPSA) is 147 Å². The van der Waals surface area contributed by atoms with E-state index >= 15 is 0 Å². The third-order valence-corrected chi connectivity index (χ3v) is 6.49. The summed E-state index contributed by atoms with van der Waals surface area (Å²) in [4.78, 5) is 41.5. The first-order valence-electron chi connectivity index (χ1n) is 15.4. The number of hydrogen-bond acceptors (Lipinski definition) is 5. The van der Waals surface area contributed by atoms with Crippen molar-refractivity contribution in [3.05, 3.63) is 24.3 Å². The van der Waals surface area contributed by atoms with Gasteiger partial charge in [0.05, 0.1) is 0 Å². The van der Waals surface area contributed by atoms with Crippen LogP contribution in [0.3, 0.4) is 0 Å². The predicted molar refractivity (Wildman–Crippen MR) is 170 cm³/mol. The molecule has 5 N–H and O–H groups in total. The van der Waals surface area contributed by atoms with Crippen molar-refractivity contribution in [2.75, 3.05) is 13.1 Å². The Labute approximate surface area is 254 Å². The molecule has 8 nitrogen and oxygen atoms in total. The summed E-state index contributed by atoms with van der Waals surface area (Å²) in [7, 11) is 0. The molecule has 0 bridgehead atoms. The van der Waals surface area contributed by atoms with E-state index in [1.807, 2.05) is 0 Å². The van der Waals surface area contributed by atoms with Crippen molar-refractivity contribution in [3.8, 4) is 0 Å². The van der Waals surface area contributed by atoms with E-state index in [2.05, 4.69) is 18.5 Å². The Kier molecular flexibility index (Phi) is 35.9. The zero-order chi connectivity index (χ0) is 31.7. The summed E-state index contributed by atoms with van der Waals surface area (Å²) < 4.78 is 0. The fraction of sp³-hybridized carbons (Fsp3) is 0.750. The summed E-state index contributed by atoms with van der Waals surface area (Å²) >= 11 is 4.87. The van der Waals surface area contributed by atoms with Gasteiger partial charge in [-0.05, 0) is 57.7 Å². The van der Waals surface area contributed by atoms with Crippen LogP contribution in [0.1, 0.15) is 142 Å². The van der Waals surface area contributed by atoms with Crippen LogP contribution in [-0.2, 0) is 19.2 Å². The number of carboxylic acids is 2. The highest BCUT2D eigenvalue weighted by Crippen LogP contribution is 2.11. The first-order valence-corrected chi connectivity index (χ1v) is 15.8. The smallest absolute Gasteiger partial charge is 0.303 e. The number of carbonyl (C=O) groups excluding carboxylic acids is 2. The van der Waals surface area contributed by atoms with Gasteiger partial charge < -0.3 is 21.3 Å². The lowest BCUT2D eigenvalue weighted by molar-refractivity contribution is -0.138. The molecule has 0 aromatic heterocycles. The maximum absolute atomic E-state index is 11.2. The molecule has 0 heterocycles. The molecule has 41 heavy (non-hydrogen) atoms. The molecule has 9 heteroatoms. The maximum atomic E-state index is 11.2. The third-order valence-electron chi connectivity index (χ3n) is 6.17. The third kappa shape index (κ3) is 45.0. The minimum Gasteiger partial charge on any atom is -0.481 e. The van der Waals surface area contributed by atoms with Crippen LogP contribution in [0.2, 0.25) is 0 Å². The molecule has 0 saturated carbocycles. The molecule has 0 rings (SSSR count). The van der Waals surface area contributed by atoms with Crippen molar-refractivity contribution in [2.45, 2.75) is 142 Å². The van der Waals surface area contributed by atoms with Gasteiger partial charge in [0.25, 0.3) is 0 Å². The van der Waals surface area contributed by atoms with Crippen LogP contribution in [-0.4, -0.2) is 46.4 Å². The van der Waals surface area contributed by atoms with Crippen molar-refractivity contribution >= 4 is 34.7 Å². The fourth-order valence-corrected chi connectivity index (χ4v) is 3.65. The second kappa shape index (κ2) is 34.0. The van der Waals surface area contributed by atoms with Gasteiger partial charge in [0, 0.05) is 30.5 Å². The van der Waals surface area contributed by atoms with Crippen LogP contribution >= 0.6 is 11.6 Å². The lowest BCUT2D eigenvalue weighted by Crippen LogP contribution is -2.24. The normalized spacial score (nSPS) is 9.95. The highest BCUT2D eigenvalue weighted by Gasteiger charge is 2.00. The number of nitrogens with two attached hydrogens (primary N) is 1. The van der Waals surface area contributed by atoms with Gasteiger partial charge in [-0.25, -0.2) is 0 Å². The maximum Gasteiger partial charge on any atom is 0.303 e. The standard InChI is InChI=1S/C16H29NO3.C12H25NO2.C4H5ClO/c1-14(2)16(20)17-13-11-9-7-5-3-4-6-8-10-12-15(18)19;13-11-9-7-5-3-1-2-4-6-8-10-12(14)15;1-3(2)4(5)6/h1,3-13H2,2H3,(H,17,20)(H,18,19);1-11,13H2,(H,14,15);1H2,2H3. The number of hydrogen-bond donors (Lipinski definition) is 4. The largest absolute Gasteiger partial charge is 0.481 e. The summed E-state index contributed by atoms with van der Waals surface area (Å²) in [5.74, 6) is -1.41. The molecule has 0 aromatic carbocycles. The van der Waals surface area contributed by atoms with Gasteiger partial charge in [-0.3, -0.25) is 19.2 Å². The van der Waals surface area contributed by atoms with Crippen LogP contribution < -0.4 is 11.1 Å². The van der Waals surface area contributed by atoms with Crippen molar-refractivity contribution in [3.63, 3.8) is 0 Å². The lowest BCUT2D eigenvalue weighted by atomic mass is 10.1. The Bertz CT molecular complexity index is 700. The average Bonchev–Trinajstić information content (AvgIpc) is 2.90. The van der Waals surface area contributed by atoms with Crippen LogP contribution in [0.15, 0.2) is 24.3 Å². The average molecular weight is 603 g/mol. The Hall–Kier alpha value is -2.19. The second-order valence-corrected chi connectivity index (χ2v) is 10.9. The van der Waals surface area contributed by atoms with Gasteiger partial charge in [-0.2, -0.15) is 0 Å². The van der Waals surface area contributed by atoms with Gasteiger partial charge in [-0.1, -0.05) is 103 Å². The number of nitrogens with one attached hydrogen (secondary N) is 1. The van der Waals surface area contributed by atoms with Gasteiger partial charge in [-0.15, -0.1) is 0 Å². The number of allylic oxidation sites excluding steroid dienone is 1. The van der Waals surface area contributed by atoms with Crippen molar-refractivity contribution in [2.24, 2.45) is 5.73 Å². The molecule has 0 aliphatic heterocycles. The quantitative estimate of drug-likeness (QED) is 0.0471. The Morgan fingerprint density at radius 3 is 1.15 bits per heavy atom. The number of aliphatic carboxylic acids is 2. The molecule has 0 aromatic rings. The zero-order valence-corrected chi connectivity index (χ0v) is 26.7. The summed E-state index contributed by atoms with van der Waals surface area (Å²) in [5, 5.41) is 19.3. The first kappa shape index (κ1) is 43.3. The molecule has 240 valence electrons. The fourth-order valence-electron chi connectivity index (χ4n) is 3.65. The van der Waals surface area contributed by atoms with E-state index in [1.165, 1.54) is 64.2 Å². The Balaban J connectivity index is -0.000000603. The lowest BCUT2D eigenvalue weighted by Gasteiger charge is -2.04. The highest BCUT2D eigenvalue weighted by atomic mass is 35.5. The number of amides is 1. The van der Waals surface area contributed by atoms with Gasteiger partial charge in [0.1, 0.15) is 0 Å². The van der Waals surface area contributed by atoms with E-state index in [1.54, 1.807) is 13.8 Å². The number of rotatable bonds is 25.